The van der Waals surface area contributed by atoms with Gasteiger partial charge in [-0.25, -0.2) is 0 Å². The summed E-state index contributed by atoms with van der Waals surface area (Å²) in [5, 5.41) is 0. The van der Waals surface area contributed by atoms with Gasteiger partial charge in [0.05, 0.1) is 0 Å². The highest BCUT2D eigenvalue weighted by Gasteiger charge is 1.75. The van der Waals surface area contributed by atoms with Gasteiger partial charge in [0.2, 0.25) is 9.28 Å². The molecule has 0 aromatic rings. The van der Waals surface area contributed by atoms with Crippen LogP contribution in [-0.4, -0.2) is 25.6 Å². The van der Waals surface area contributed by atoms with E-state index in [2.05, 4.69) is 16.7 Å². The maximum absolute atomic E-state index is 4.92. The standard InChI is InChI=1S/C3H7OSi2/c1-2-3-4-6-5/h2-3H2,1H3. The van der Waals surface area contributed by atoms with E-state index in [0.29, 0.717) is 9.28 Å². The van der Waals surface area contributed by atoms with E-state index < -0.39 is 0 Å². The van der Waals surface area contributed by atoms with Gasteiger partial charge in [-0.3, -0.25) is 0 Å². The van der Waals surface area contributed by atoms with Crippen LogP contribution in [0.15, 0.2) is 0 Å². The lowest BCUT2D eigenvalue weighted by molar-refractivity contribution is 0.344. The summed E-state index contributed by atoms with van der Waals surface area (Å²) >= 11 is 0. The Morgan fingerprint density at radius 3 is 2.67 bits per heavy atom. The molecule has 0 aliphatic rings. The molecule has 0 fully saturated rings. The summed E-state index contributed by atoms with van der Waals surface area (Å²) in [7, 11) is 3.67. The first-order valence-electron chi connectivity index (χ1n) is 1.95. The third kappa shape index (κ3) is 4.39. The minimum Gasteiger partial charge on any atom is -0.422 e. The fourth-order valence-corrected chi connectivity index (χ4v) is 0.765. The van der Waals surface area contributed by atoms with Gasteiger partial charge in [-0.2, -0.15) is 0 Å². The van der Waals surface area contributed by atoms with E-state index in [1.54, 1.807) is 0 Å². The Labute approximate surface area is 44.2 Å². The minimum atomic E-state index is 0.470. The Hall–Kier alpha value is 0.394. The highest BCUT2D eigenvalue weighted by Crippen LogP contribution is 1.72. The van der Waals surface area contributed by atoms with Crippen molar-refractivity contribution in [1.82, 2.24) is 0 Å². The van der Waals surface area contributed by atoms with Crippen LogP contribution in [0.5, 0.6) is 0 Å². The van der Waals surface area contributed by atoms with Crippen LogP contribution in [0.2, 0.25) is 0 Å². The SMILES string of the molecule is CCCO[Si][Si]. The molecular formula is C3H7OSi2. The first kappa shape index (κ1) is 6.39. The van der Waals surface area contributed by atoms with Gasteiger partial charge < -0.3 is 4.43 Å². The molecule has 0 atom stereocenters. The molecule has 0 saturated carbocycles. The molecule has 0 saturated heterocycles. The van der Waals surface area contributed by atoms with Crippen molar-refractivity contribution in [3.63, 3.8) is 0 Å². The van der Waals surface area contributed by atoms with Gasteiger partial charge in [-0.05, 0) is 6.42 Å². The van der Waals surface area contributed by atoms with Crippen LogP contribution in [0, 0.1) is 0 Å². The van der Waals surface area contributed by atoms with Crippen molar-refractivity contribution in [2.75, 3.05) is 6.61 Å². The quantitative estimate of drug-likeness (QED) is 0.375. The van der Waals surface area contributed by atoms with E-state index in [0.717, 1.165) is 13.0 Å². The number of hydrogen-bond acceptors (Lipinski definition) is 1. The molecule has 0 aromatic heterocycles. The van der Waals surface area contributed by atoms with Gasteiger partial charge in [0.15, 0.2) is 0 Å². The summed E-state index contributed by atoms with van der Waals surface area (Å²) < 4.78 is 4.92. The first-order chi connectivity index (χ1) is 2.91. The molecule has 0 spiro atoms. The molecule has 0 aliphatic heterocycles. The van der Waals surface area contributed by atoms with Gasteiger partial charge in [-0.15, -0.1) is 0 Å². The van der Waals surface area contributed by atoms with E-state index in [1.165, 1.54) is 0 Å². The topological polar surface area (TPSA) is 9.23 Å². The molecule has 0 bridgehead atoms. The number of rotatable bonds is 3. The molecular weight excluding hydrogens is 108 g/mol. The lowest BCUT2D eigenvalue weighted by Gasteiger charge is -1.90. The maximum atomic E-state index is 4.92. The molecule has 0 rings (SSSR count). The monoisotopic (exact) mass is 115 g/mol. The third-order valence-electron chi connectivity index (χ3n) is 0.378. The lowest BCUT2D eigenvalue weighted by atomic mass is 10.5. The van der Waals surface area contributed by atoms with Gasteiger partial charge in [-0.1, -0.05) is 6.92 Å². The minimum absolute atomic E-state index is 0.470. The van der Waals surface area contributed by atoms with Crippen LogP contribution in [-0.2, 0) is 4.43 Å². The summed E-state index contributed by atoms with van der Waals surface area (Å²) in [6, 6.07) is 0. The van der Waals surface area contributed by atoms with Crippen LogP contribution < -0.4 is 0 Å². The normalized spacial score (nSPS) is 9.00. The summed E-state index contributed by atoms with van der Waals surface area (Å²) in [5.74, 6) is 0. The highest BCUT2D eigenvalue weighted by atomic mass is 29.1. The fourth-order valence-electron chi connectivity index (χ4n) is 0.153. The average Bonchev–Trinajstić information content (AvgIpc) is 1.61. The molecule has 0 amide bonds. The Bertz CT molecular complexity index is 20.8. The Morgan fingerprint density at radius 1 is 1.83 bits per heavy atom. The van der Waals surface area contributed by atoms with Crippen LogP contribution >= 0.6 is 0 Å². The highest BCUT2D eigenvalue weighted by molar-refractivity contribution is 6.85. The summed E-state index contributed by atoms with van der Waals surface area (Å²) in [4.78, 5) is 0. The molecule has 33 valence electrons. The van der Waals surface area contributed by atoms with Crippen LogP contribution in [0.3, 0.4) is 0 Å². The second-order valence-corrected chi connectivity index (χ2v) is 2.06. The van der Waals surface area contributed by atoms with Gasteiger partial charge >= 0.3 is 0 Å². The zero-order valence-electron chi connectivity index (χ0n) is 3.82. The lowest BCUT2D eigenvalue weighted by Crippen LogP contribution is -1.97. The predicted molar refractivity (Wildman–Crippen MR) is 27.8 cm³/mol. The molecule has 0 N–H and O–H groups in total. The summed E-state index contributed by atoms with van der Waals surface area (Å²) in [6.45, 7) is 2.97. The van der Waals surface area contributed by atoms with Crippen LogP contribution in [0.25, 0.3) is 0 Å². The van der Waals surface area contributed by atoms with E-state index in [-0.39, 0.29) is 0 Å². The van der Waals surface area contributed by atoms with Crippen molar-refractivity contribution in [3.05, 3.63) is 0 Å². The van der Waals surface area contributed by atoms with E-state index in [4.69, 9.17) is 4.43 Å². The van der Waals surface area contributed by atoms with Gasteiger partial charge in [0.25, 0.3) is 0 Å². The zero-order chi connectivity index (χ0) is 4.83. The summed E-state index contributed by atoms with van der Waals surface area (Å²) in [6.07, 6.45) is 1.11. The van der Waals surface area contributed by atoms with Gasteiger partial charge in [0.1, 0.15) is 0 Å². The van der Waals surface area contributed by atoms with Crippen LogP contribution in [0.1, 0.15) is 13.3 Å². The average molecular weight is 115 g/mol. The third-order valence-corrected chi connectivity index (χ3v) is 1.16. The molecule has 0 heterocycles. The molecule has 3 heteroatoms. The maximum Gasteiger partial charge on any atom is 0.202 e. The number of hydrogen-bond donors (Lipinski definition) is 0. The zero-order valence-corrected chi connectivity index (χ0v) is 5.82. The molecule has 0 aliphatic carbocycles. The van der Waals surface area contributed by atoms with Crippen molar-refractivity contribution in [3.8, 4) is 0 Å². The Morgan fingerprint density at radius 2 is 2.50 bits per heavy atom. The van der Waals surface area contributed by atoms with Crippen molar-refractivity contribution in [1.29, 1.82) is 0 Å². The second-order valence-electron chi connectivity index (χ2n) is 0.951. The van der Waals surface area contributed by atoms with Crippen molar-refractivity contribution >= 4 is 19.0 Å². The predicted octanol–water partition coefficient (Wildman–Crippen LogP) is 0.116. The molecule has 5 radical (unpaired) electrons. The van der Waals surface area contributed by atoms with Crippen molar-refractivity contribution in [2.24, 2.45) is 0 Å². The second kappa shape index (κ2) is 5.39. The Balaban J connectivity index is 2.34. The van der Waals surface area contributed by atoms with Crippen LogP contribution in [0.4, 0.5) is 0 Å². The smallest absolute Gasteiger partial charge is 0.202 e. The Kier molecular flexibility index (Phi) is 5.75. The van der Waals surface area contributed by atoms with Crippen molar-refractivity contribution in [2.45, 2.75) is 13.3 Å². The molecule has 0 unspecified atom stereocenters. The molecule has 0 aromatic carbocycles. The van der Waals surface area contributed by atoms with Crippen molar-refractivity contribution < 1.29 is 4.43 Å². The van der Waals surface area contributed by atoms with E-state index >= 15 is 0 Å². The van der Waals surface area contributed by atoms with E-state index in [9.17, 15) is 0 Å². The largest absolute Gasteiger partial charge is 0.422 e. The first-order valence-corrected chi connectivity index (χ1v) is 4.36. The van der Waals surface area contributed by atoms with E-state index in [1.807, 2.05) is 0 Å². The summed E-state index contributed by atoms with van der Waals surface area (Å²) in [5.41, 5.74) is 0. The molecule has 1 nitrogen and oxygen atoms in total. The fraction of sp³-hybridized carbons (Fsp3) is 1.00. The molecule has 6 heavy (non-hydrogen) atoms. The van der Waals surface area contributed by atoms with Gasteiger partial charge in [0, 0.05) is 16.4 Å².